The Hall–Kier alpha value is -0.780. The van der Waals surface area contributed by atoms with E-state index in [0.29, 0.717) is 25.8 Å². The topological polar surface area (TPSA) is 55.1 Å². The second-order valence-electron chi connectivity index (χ2n) is 6.46. The molecule has 1 amide bonds. The number of hydrogen-bond donors (Lipinski definition) is 2. The maximum Gasteiger partial charge on any atom is 0.408 e. The SMILES string of the molecule is NC[C@H]1CCC[C@H]1C(=O)NC(C1CCCCC1)C(F)(F)F. The van der Waals surface area contributed by atoms with E-state index in [4.69, 9.17) is 5.73 Å². The van der Waals surface area contributed by atoms with Crippen LogP contribution in [0.15, 0.2) is 0 Å². The van der Waals surface area contributed by atoms with Crippen molar-refractivity contribution >= 4 is 5.91 Å². The molecule has 0 bridgehead atoms. The molecule has 3 atom stereocenters. The second kappa shape index (κ2) is 6.99. The third kappa shape index (κ3) is 4.11. The van der Waals surface area contributed by atoms with Gasteiger partial charge < -0.3 is 11.1 Å². The summed E-state index contributed by atoms with van der Waals surface area (Å²) in [6.45, 7) is 0.373. The summed E-state index contributed by atoms with van der Waals surface area (Å²) < 4.78 is 39.9. The summed E-state index contributed by atoms with van der Waals surface area (Å²) in [5.74, 6) is -1.23. The van der Waals surface area contributed by atoms with Gasteiger partial charge in [-0.15, -0.1) is 0 Å². The van der Waals surface area contributed by atoms with E-state index in [2.05, 4.69) is 5.32 Å². The third-order valence-electron chi connectivity index (χ3n) is 5.07. The highest BCUT2D eigenvalue weighted by Crippen LogP contribution is 2.36. The van der Waals surface area contributed by atoms with Crippen molar-refractivity contribution < 1.29 is 18.0 Å². The zero-order chi connectivity index (χ0) is 15.5. The molecule has 0 aromatic heterocycles. The minimum absolute atomic E-state index is 0.0326. The van der Waals surface area contributed by atoms with E-state index in [9.17, 15) is 18.0 Å². The quantitative estimate of drug-likeness (QED) is 0.839. The molecule has 2 aliphatic rings. The molecule has 21 heavy (non-hydrogen) atoms. The highest BCUT2D eigenvalue weighted by Gasteiger charge is 2.47. The Morgan fingerprint density at radius 3 is 2.33 bits per heavy atom. The van der Waals surface area contributed by atoms with Crippen LogP contribution in [-0.4, -0.2) is 24.7 Å². The van der Waals surface area contributed by atoms with Crippen LogP contribution in [0.4, 0.5) is 13.2 Å². The lowest BCUT2D eigenvalue weighted by Gasteiger charge is -2.33. The van der Waals surface area contributed by atoms with Gasteiger partial charge in [0.05, 0.1) is 0 Å². The van der Waals surface area contributed by atoms with Crippen molar-refractivity contribution in [1.29, 1.82) is 0 Å². The summed E-state index contributed by atoms with van der Waals surface area (Å²) in [6.07, 6.45) is 1.74. The van der Waals surface area contributed by atoms with Gasteiger partial charge in [-0.1, -0.05) is 25.7 Å². The highest BCUT2D eigenvalue weighted by atomic mass is 19.4. The van der Waals surface area contributed by atoms with Crippen molar-refractivity contribution in [3.05, 3.63) is 0 Å². The summed E-state index contributed by atoms with van der Waals surface area (Å²) in [5, 5.41) is 2.31. The molecule has 2 rings (SSSR count). The van der Waals surface area contributed by atoms with Gasteiger partial charge in [0.1, 0.15) is 6.04 Å². The molecule has 0 saturated heterocycles. The first-order chi connectivity index (χ1) is 9.93. The zero-order valence-electron chi connectivity index (χ0n) is 12.3. The number of carbonyl (C=O) groups is 1. The number of carbonyl (C=O) groups excluding carboxylic acids is 1. The molecular weight excluding hydrogens is 281 g/mol. The number of nitrogens with one attached hydrogen (secondary N) is 1. The van der Waals surface area contributed by atoms with Gasteiger partial charge in [0.25, 0.3) is 0 Å². The summed E-state index contributed by atoms with van der Waals surface area (Å²) >= 11 is 0. The van der Waals surface area contributed by atoms with Gasteiger partial charge >= 0.3 is 6.18 Å². The molecule has 1 unspecified atom stereocenters. The maximum atomic E-state index is 13.3. The predicted octanol–water partition coefficient (Wildman–Crippen LogP) is 2.99. The van der Waals surface area contributed by atoms with E-state index >= 15 is 0 Å². The van der Waals surface area contributed by atoms with E-state index < -0.39 is 24.0 Å². The molecular formula is C15H25F3N2O. The molecule has 0 spiro atoms. The molecule has 0 aliphatic heterocycles. The van der Waals surface area contributed by atoms with Gasteiger partial charge in [-0.05, 0) is 44.1 Å². The van der Waals surface area contributed by atoms with Crippen molar-refractivity contribution in [2.45, 2.75) is 63.6 Å². The summed E-state index contributed by atoms with van der Waals surface area (Å²) in [4.78, 5) is 12.2. The molecule has 6 heteroatoms. The van der Waals surface area contributed by atoms with Crippen molar-refractivity contribution in [2.75, 3.05) is 6.54 Å². The summed E-state index contributed by atoms with van der Waals surface area (Å²) in [7, 11) is 0. The predicted molar refractivity (Wildman–Crippen MR) is 74.4 cm³/mol. The van der Waals surface area contributed by atoms with Crippen LogP contribution < -0.4 is 11.1 Å². The van der Waals surface area contributed by atoms with Crippen LogP contribution in [0.25, 0.3) is 0 Å². The first-order valence-electron chi connectivity index (χ1n) is 8.00. The maximum absolute atomic E-state index is 13.3. The van der Waals surface area contributed by atoms with Crippen LogP contribution in [0.1, 0.15) is 51.4 Å². The van der Waals surface area contributed by atoms with Crippen LogP contribution in [0.3, 0.4) is 0 Å². The Bertz CT molecular complexity index is 353. The Labute approximate surface area is 123 Å². The number of hydrogen-bond acceptors (Lipinski definition) is 2. The van der Waals surface area contributed by atoms with Crippen LogP contribution in [0.2, 0.25) is 0 Å². The van der Waals surface area contributed by atoms with Crippen molar-refractivity contribution in [2.24, 2.45) is 23.5 Å². The minimum Gasteiger partial charge on any atom is -0.344 e. The monoisotopic (exact) mass is 306 g/mol. The Morgan fingerprint density at radius 2 is 1.76 bits per heavy atom. The lowest BCUT2D eigenvalue weighted by molar-refractivity contribution is -0.175. The molecule has 2 fully saturated rings. The van der Waals surface area contributed by atoms with Gasteiger partial charge in [0.15, 0.2) is 0 Å². The minimum atomic E-state index is -4.37. The second-order valence-corrected chi connectivity index (χ2v) is 6.46. The van der Waals surface area contributed by atoms with Crippen molar-refractivity contribution in [3.8, 4) is 0 Å². The van der Waals surface area contributed by atoms with E-state index in [1.54, 1.807) is 0 Å². The lowest BCUT2D eigenvalue weighted by atomic mass is 9.83. The number of alkyl halides is 3. The Kier molecular flexibility index (Phi) is 5.52. The van der Waals surface area contributed by atoms with Crippen molar-refractivity contribution in [3.63, 3.8) is 0 Å². The van der Waals surface area contributed by atoms with Gasteiger partial charge in [-0.25, -0.2) is 0 Å². The van der Waals surface area contributed by atoms with E-state index in [1.807, 2.05) is 0 Å². The molecule has 122 valence electrons. The number of rotatable bonds is 4. The fourth-order valence-corrected chi connectivity index (χ4v) is 3.86. The van der Waals surface area contributed by atoms with E-state index in [1.165, 1.54) is 0 Å². The van der Waals surface area contributed by atoms with E-state index in [0.717, 1.165) is 32.1 Å². The van der Waals surface area contributed by atoms with Crippen LogP contribution in [0, 0.1) is 17.8 Å². The molecule has 2 aliphatic carbocycles. The van der Waals surface area contributed by atoms with Gasteiger partial charge in [0.2, 0.25) is 5.91 Å². The first kappa shape index (κ1) is 16.6. The van der Waals surface area contributed by atoms with Crippen LogP contribution in [-0.2, 0) is 4.79 Å². The molecule has 0 heterocycles. The third-order valence-corrected chi connectivity index (χ3v) is 5.07. The van der Waals surface area contributed by atoms with Gasteiger partial charge in [-0.3, -0.25) is 4.79 Å². The van der Waals surface area contributed by atoms with Gasteiger partial charge in [-0.2, -0.15) is 13.2 Å². The molecule has 3 nitrogen and oxygen atoms in total. The molecule has 3 N–H and O–H groups in total. The fourth-order valence-electron chi connectivity index (χ4n) is 3.86. The van der Waals surface area contributed by atoms with Crippen LogP contribution in [0.5, 0.6) is 0 Å². The molecule has 2 saturated carbocycles. The lowest BCUT2D eigenvalue weighted by Crippen LogP contribution is -2.52. The number of halogens is 3. The average molecular weight is 306 g/mol. The molecule has 0 aromatic carbocycles. The largest absolute Gasteiger partial charge is 0.408 e. The average Bonchev–Trinajstić information content (AvgIpc) is 2.92. The normalized spacial score (nSPS) is 29.3. The summed E-state index contributed by atoms with van der Waals surface area (Å²) in [5.41, 5.74) is 5.62. The van der Waals surface area contributed by atoms with Gasteiger partial charge in [0, 0.05) is 5.92 Å². The first-order valence-corrected chi connectivity index (χ1v) is 8.00. The molecule has 0 radical (unpaired) electrons. The number of amides is 1. The Balaban J connectivity index is 2.02. The van der Waals surface area contributed by atoms with Crippen molar-refractivity contribution in [1.82, 2.24) is 5.32 Å². The van der Waals surface area contributed by atoms with Crippen LogP contribution >= 0.6 is 0 Å². The van der Waals surface area contributed by atoms with E-state index in [-0.39, 0.29) is 11.8 Å². The Morgan fingerprint density at radius 1 is 1.10 bits per heavy atom. The highest BCUT2D eigenvalue weighted by molar-refractivity contribution is 5.79. The summed E-state index contributed by atoms with van der Waals surface area (Å²) in [6, 6.07) is -1.69. The standard InChI is InChI=1S/C15H25F3N2O/c16-15(17,18)13(10-5-2-1-3-6-10)20-14(21)12-8-4-7-11(12)9-19/h10-13H,1-9,19H2,(H,20,21)/t11-,12-,13?/m1/s1. The smallest absolute Gasteiger partial charge is 0.344 e. The number of nitrogens with two attached hydrogens (primary N) is 1. The zero-order valence-corrected chi connectivity index (χ0v) is 12.3. The fraction of sp³-hybridized carbons (Fsp3) is 0.933. The molecule has 0 aromatic rings.